The van der Waals surface area contributed by atoms with Crippen molar-refractivity contribution in [3.05, 3.63) is 24.3 Å². The van der Waals surface area contributed by atoms with Gasteiger partial charge in [-0.05, 0) is 44.9 Å². The van der Waals surface area contributed by atoms with Gasteiger partial charge in [-0.1, -0.05) is 122 Å². The number of ether oxygens (including phenoxy) is 3. The topological polar surface area (TPSA) is 99.1 Å². The lowest BCUT2D eigenvalue weighted by Gasteiger charge is -2.31. The number of aliphatic carboxylic acids is 1. The summed E-state index contributed by atoms with van der Waals surface area (Å²) < 4.78 is 16.8. The van der Waals surface area contributed by atoms with E-state index < -0.39 is 18.1 Å². The van der Waals surface area contributed by atoms with E-state index in [1.165, 1.54) is 96.3 Å². The van der Waals surface area contributed by atoms with Gasteiger partial charge in [0.1, 0.15) is 6.61 Å². The number of esters is 2. The lowest BCUT2D eigenvalue weighted by molar-refractivity contribution is -0.887. The van der Waals surface area contributed by atoms with Gasteiger partial charge in [0, 0.05) is 19.3 Å². The Hall–Kier alpha value is -2.19. The van der Waals surface area contributed by atoms with Crippen molar-refractivity contribution in [3.63, 3.8) is 0 Å². The summed E-state index contributed by atoms with van der Waals surface area (Å²) in [5.74, 6) is -1.53. The number of carbonyl (C=O) groups excluding carboxylic acids is 2. The molecule has 8 heteroatoms. The maximum absolute atomic E-state index is 12.5. The van der Waals surface area contributed by atoms with Crippen LogP contribution in [0.25, 0.3) is 0 Å². The molecule has 0 amide bonds. The zero-order valence-electron chi connectivity index (χ0n) is 31.7. The Morgan fingerprint density at radius 3 is 1.65 bits per heavy atom. The summed E-state index contributed by atoms with van der Waals surface area (Å²) in [7, 11) is 5.49. The van der Waals surface area contributed by atoms with Gasteiger partial charge < -0.3 is 23.8 Å². The van der Waals surface area contributed by atoms with Crippen LogP contribution in [-0.2, 0) is 28.6 Å². The molecule has 0 aliphatic rings. The fourth-order valence-electron chi connectivity index (χ4n) is 5.57. The Morgan fingerprint density at radius 2 is 1.15 bits per heavy atom. The van der Waals surface area contributed by atoms with Crippen LogP contribution in [0.2, 0.25) is 0 Å². The minimum Gasteiger partial charge on any atom is -0.477 e. The largest absolute Gasteiger partial charge is 0.477 e. The average molecular weight is 681 g/mol. The van der Waals surface area contributed by atoms with Gasteiger partial charge in [-0.25, -0.2) is 4.79 Å². The summed E-state index contributed by atoms with van der Waals surface area (Å²) in [6.45, 7) is 4.37. The van der Waals surface area contributed by atoms with Crippen LogP contribution in [0.1, 0.15) is 162 Å². The molecule has 0 heterocycles. The van der Waals surface area contributed by atoms with Crippen LogP contribution in [0.5, 0.6) is 0 Å². The molecule has 0 aliphatic heterocycles. The third-order valence-corrected chi connectivity index (χ3v) is 8.57. The predicted molar refractivity (Wildman–Crippen MR) is 197 cm³/mol. The first-order chi connectivity index (χ1) is 23.1. The van der Waals surface area contributed by atoms with E-state index in [0.717, 1.165) is 25.7 Å². The minimum absolute atomic E-state index is 0.0584. The van der Waals surface area contributed by atoms with Gasteiger partial charge >= 0.3 is 17.9 Å². The van der Waals surface area contributed by atoms with Crippen molar-refractivity contribution in [2.75, 3.05) is 41.0 Å². The van der Waals surface area contributed by atoms with Gasteiger partial charge in [0.05, 0.1) is 34.4 Å². The molecule has 0 saturated carbocycles. The number of hydrogen-bond acceptors (Lipinski definition) is 6. The van der Waals surface area contributed by atoms with Crippen LogP contribution in [0.4, 0.5) is 0 Å². The second-order valence-corrected chi connectivity index (χ2v) is 14.2. The number of unbranched alkanes of at least 4 members (excludes halogenated alkanes) is 16. The summed E-state index contributed by atoms with van der Waals surface area (Å²) in [4.78, 5) is 35.9. The van der Waals surface area contributed by atoms with Crippen molar-refractivity contribution in [3.8, 4) is 0 Å². The van der Waals surface area contributed by atoms with E-state index in [9.17, 15) is 19.5 Å². The van der Waals surface area contributed by atoms with Gasteiger partial charge in [-0.2, -0.15) is 0 Å². The zero-order chi connectivity index (χ0) is 35.7. The van der Waals surface area contributed by atoms with Crippen LogP contribution in [0.3, 0.4) is 0 Å². The Kier molecular flexibility index (Phi) is 30.6. The summed E-state index contributed by atoms with van der Waals surface area (Å²) >= 11 is 0. The van der Waals surface area contributed by atoms with E-state index in [1.807, 2.05) is 28.1 Å². The minimum atomic E-state index is -0.880. The third kappa shape index (κ3) is 29.9. The molecule has 8 nitrogen and oxygen atoms in total. The number of carbonyl (C=O) groups is 3. The second-order valence-electron chi connectivity index (χ2n) is 14.2. The van der Waals surface area contributed by atoms with E-state index in [2.05, 4.69) is 31.2 Å². The molecule has 0 fully saturated rings. The van der Waals surface area contributed by atoms with E-state index in [1.54, 1.807) is 0 Å². The number of rotatable bonds is 34. The number of allylic oxidation sites excluding steroid dienone is 4. The molecular weight excluding hydrogens is 606 g/mol. The highest BCUT2D eigenvalue weighted by atomic mass is 16.6. The van der Waals surface area contributed by atoms with E-state index >= 15 is 0 Å². The van der Waals surface area contributed by atoms with Gasteiger partial charge in [-0.3, -0.25) is 9.59 Å². The average Bonchev–Trinajstić information content (AvgIpc) is 3.03. The molecule has 2 unspecified atom stereocenters. The maximum atomic E-state index is 12.5. The van der Waals surface area contributed by atoms with E-state index in [0.29, 0.717) is 25.7 Å². The van der Waals surface area contributed by atoms with Crippen LogP contribution >= 0.6 is 0 Å². The van der Waals surface area contributed by atoms with E-state index in [-0.39, 0.29) is 36.2 Å². The summed E-state index contributed by atoms with van der Waals surface area (Å²) in [6.07, 6.45) is 33.7. The Labute approximate surface area is 294 Å². The van der Waals surface area contributed by atoms with Crippen LogP contribution in [0, 0.1) is 0 Å². The van der Waals surface area contributed by atoms with Crippen molar-refractivity contribution < 1.29 is 38.2 Å². The molecule has 280 valence electrons. The number of hydrogen-bond donors (Lipinski definition) is 1. The lowest BCUT2D eigenvalue weighted by Crippen LogP contribution is -2.50. The van der Waals surface area contributed by atoms with Gasteiger partial charge in [0.15, 0.2) is 12.1 Å². The molecule has 0 aliphatic carbocycles. The number of nitrogens with zero attached hydrogens (tertiary/aromatic N) is 1. The first-order valence-electron chi connectivity index (χ1n) is 19.4. The molecule has 0 spiro atoms. The number of carboxylic acids is 1. The SMILES string of the molecule is CCCCCCC/C=C\C/C=C\CCCCCCCCCCCCCC(=O)OC(COCCC(C(=O)O)[N+](C)(C)C)COC(=O)CCC. The first-order valence-corrected chi connectivity index (χ1v) is 19.4. The molecule has 0 radical (unpaired) electrons. The number of carboxylic acid groups (broad SMARTS) is 1. The number of likely N-dealkylation sites (N-methyl/N-ethyl adjacent to an activating group) is 1. The monoisotopic (exact) mass is 681 g/mol. The molecule has 0 bridgehead atoms. The maximum Gasteiger partial charge on any atom is 0.362 e. The molecular formula is C40H74NO7+. The molecule has 1 N–H and O–H groups in total. The van der Waals surface area contributed by atoms with Crippen LogP contribution in [0.15, 0.2) is 24.3 Å². The summed E-state index contributed by atoms with van der Waals surface area (Å²) in [6, 6.07) is -0.608. The summed E-state index contributed by atoms with van der Waals surface area (Å²) in [5, 5.41) is 9.50. The third-order valence-electron chi connectivity index (χ3n) is 8.57. The molecule has 0 aromatic rings. The fourth-order valence-corrected chi connectivity index (χ4v) is 5.57. The van der Waals surface area contributed by atoms with Crippen molar-refractivity contribution in [2.24, 2.45) is 0 Å². The zero-order valence-corrected chi connectivity index (χ0v) is 31.7. The van der Waals surface area contributed by atoms with E-state index in [4.69, 9.17) is 14.2 Å². The Morgan fingerprint density at radius 1 is 0.625 bits per heavy atom. The molecule has 0 saturated heterocycles. The van der Waals surface area contributed by atoms with Gasteiger partial charge in [-0.15, -0.1) is 0 Å². The standard InChI is InChI=1S/C40H73NO7/c1-6-8-9-10-11-12-13-14-15-16-17-18-19-20-21-22-23-24-25-26-27-28-29-31-39(43)48-36(35-47-38(42)30-7-2)34-46-33-32-37(40(44)45)41(3,4)5/h13-14,16-17,36-37H,6-12,15,18-35H2,1-5H3/p+1/b14-13-,17-16-. The van der Waals surface area contributed by atoms with Crippen molar-refractivity contribution in [1.82, 2.24) is 0 Å². The summed E-state index contributed by atoms with van der Waals surface area (Å²) in [5.41, 5.74) is 0. The highest BCUT2D eigenvalue weighted by Gasteiger charge is 2.31. The van der Waals surface area contributed by atoms with Crippen LogP contribution in [-0.4, -0.2) is 80.6 Å². The Balaban J connectivity index is 3.92. The fraction of sp³-hybridized carbons (Fsp3) is 0.825. The Bertz CT molecular complexity index is 849. The normalized spacial score (nSPS) is 13.3. The van der Waals surface area contributed by atoms with Gasteiger partial charge in [0.25, 0.3) is 0 Å². The highest BCUT2D eigenvalue weighted by Crippen LogP contribution is 2.14. The molecule has 2 atom stereocenters. The van der Waals surface area contributed by atoms with Crippen LogP contribution < -0.4 is 0 Å². The first kappa shape index (κ1) is 45.8. The van der Waals surface area contributed by atoms with Crippen molar-refractivity contribution in [2.45, 2.75) is 174 Å². The predicted octanol–water partition coefficient (Wildman–Crippen LogP) is 9.74. The number of quaternary nitrogens is 1. The second kappa shape index (κ2) is 32.0. The highest BCUT2D eigenvalue weighted by molar-refractivity contribution is 5.72. The smallest absolute Gasteiger partial charge is 0.362 e. The van der Waals surface area contributed by atoms with Crippen molar-refractivity contribution in [1.29, 1.82) is 0 Å². The van der Waals surface area contributed by atoms with Gasteiger partial charge in [0.2, 0.25) is 0 Å². The molecule has 48 heavy (non-hydrogen) atoms. The van der Waals surface area contributed by atoms with Crippen molar-refractivity contribution >= 4 is 17.9 Å². The lowest BCUT2D eigenvalue weighted by atomic mass is 10.0. The molecule has 0 rings (SSSR count). The molecule has 0 aromatic heterocycles. The quantitative estimate of drug-likeness (QED) is 0.0313. The molecule has 0 aromatic carbocycles.